The number of ether oxygens (including phenoxy) is 1. The molecule has 1 atom stereocenters. The minimum absolute atomic E-state index is 0.0910. The molecule has 0 aromatic heterocycles. The highest BCUT2D eigenvalue weighted by Crippen LogP contribution is 2.08. The quantitative estimate of drug-likeness (QED) is 0.620. The molecule has 1 heterocycles. The average Bonchev–Trinajstić information content (AvgIpc) is 2.53. The van der Waals surface area contributed by atoms with Crippen molar-refractivity contribution in [3.8, 4) is 0 Å². The van der Waals surface area contributed by atoms with E-state index < -0.39 is 0 Å². The summed E-state index contributed by atoms with van der Waals surface area (Å²) in [6.45, 7) is 3.77. The minimum atomic E-state index is -0.156. The molecule has 0 aromatic carbocycles. The van der Waals surface area contributed by atoms with Crippen LogP contribution in [0.5, 0.6) is 0 Å². The Morgan fingerprint density at radius 1 is 1.82 bits per heavy atom. The largest absolute Gasteiger partial charge is 0.359 e. The molecule has 3 nitrogen and oxygen atoms in total. The maximum Gasteiger partial charge on any atom is 0.237 e. The van der Waals surface area contributed by atoms with Crippen molar-refractivity contribution < 1.29 is 9.53 Å². The molecule has 0 bridgehead atoms. The number of amides is 1. The van der Waals surface area contributed by atoms with Crippen molar-refractivity contribution >= 4 is 18.5 Å². The van der Waals surface area contributed by atoms with Gasteiger partial charge in [-0.1, -0.05) is 6.92 Å². The Morgan fingerprint density at radius 3 is 3.00 bits per heavy atom. The lowest BCUT2D eigenvalue weighted by Crippen LogP contribution is -2.34. The predicted octanol–water partition coefficient (Wildman–Crippen LogP) is 0.511. The van der Waals surface area contributed by atoms with Gasteiger partial charge in [0, 0.05) is 6.54 Å². The predicted molar refractivity (Wildman–Crippen MR) is 45.6 cm³/mol. The van der Waals surface area contributed by atoms with Crippen molar-refractivity contribution in [3.05, 3.63) is 0 Å². The van der Waals surface area contributed by atoms with Crippen molar-refractivity contribution in [1.82, 2.24) is 4.90 Å². The Bertz CT molecular complexity index is 145. The van der Waals surface area contributed by atoms with Crippen LogP contribution in [0.2, 0.25) is 0 Å². The van der Waals surface area contributed by atoms with Gasteiger partial charge in [0.05, 0.1) is 11.9 Å². The number of nitrogens with zero attached hydrogens (tertiary/aromatic N) is 1. The van der Waals surface area contributed by atoms with Gasteiger partial charge in [-0.05, 0) is 6.42 Å². The van der Waals surface area contributed by atoms with Crippen molar-refractivity contribution in [2.24, 2.45) is 0 Å². The zero-order valence-corrected chi connectivity index (χ0v) is 7.51. The van der Waals surface area contributed by atoms with Gasteiger partial charge in [-0.2, -0.15) is 12.6 Å². The van der Waals surface area contributed by atoms with Gasteiger partial charge >= 0.3 is 0 Å². The first-order valence-corrected chi connectivity index (χ1v) is 4.32. The van der Waals surface area contributed by atoms with E-state index in [0.717, 1.165) is 13.0 Å². The van der Waals surface area contributed by atoms with Crippen LogP contribution in [0.1, 0.15) is 13.3 Å². The van der Waals surface area contributed by atoms with E-state index in [0.29, 0.717) is 13.3 Å². The summed E-state index contributed by atoms with van der Waals surface area (Å²) in [5, 5.41) is -0.156. The summed E-state index contributed by atoms with van der Waals surface area (Å²) in [5.41, 5.74) is 0. The molecule has 1 rings (SSSR count). The molecule has 1 amide bonds. The minimum Gasteiger partial charge on any atom is -0.359 e. The van der Waals surface area contributed by atoms with Gasteiger partial charge in [0.2, 0.25) is 5.91 Å². The summed E-state index contributed by atoms with van der Waals surface area (Å²) in [6, 6.07) is 0. The third-order valence-corrected chi connectivity index (χ3v) is 2.32. The fourth-order valence-electron chi connectivity index (χ4n) is 0.973. The zero-order chi connectivity index (χ0) is 8.27. The second-order valence-electron chi connectivity index (χ2n) is 2.56. The van der Waals surface area contributed by atoms with Gasteiger partial charge in [-0.25, -0.2) is 0 Å². The molecule has 4 heteroatoms. The fourth-order valence-corrected chi connectivity index (χ4v) is 1.14. The molecule has 1 saturated heterocycles. The van der Waals surface area contributed by atoms with E-state index in [1.807, 2.05) is 6.92 Å². The van der Waals surface area contributed by atoms with E-state index in [-0.39, 0.29) is 11.2 Å². The normalized spacial score (nSPS) is 20.4. The lowest BCUT2D eigenvalue weighted by Gasteiger charge is -2.16. The van der Waals surface area contributed by atoms with E-state index in [9.17, 15) is 4.79 Å². The molecule has 0 spiro atoms. The fraction of sp³-hybridized carbons (Fsp3) is 0.857. The lowest BCUT2D eigenvalue weighted by molar-refractivity contribution is -0.131. The summed E-state index contributed by atoms with van der Waals surface area (Å²) in [5.74, 6) is 0.0910. The van der Waals surface area contributed by atoms with Crippen LogP contribution in [0.25, 0.3) is 0 Å². The molecule has 0 aromatic rings. The maximum atomic E-state index is 11.3. The average molecular weight is 175 g/mol. The Morgan fingerprint density at radius 2 is 2.55 bits per heavy atom. The van der Waals surface area contributed by atoms with Crippen LogP contribution in [0.4, 0.5) is 0 Å². The van der Waals surface area contributed by atoms with E-state index in [2.05, 4.69) is 12.6 Å². The summed E-state index contributed by atoms with van der Waals surface area (Å²) in [4.78, 5) is 13.0. The van der Waals surface area contributed by atoms with Crippen molar-refractivity contribution in [1.29, 1.82) is 0 Å². The number of rotatable bonds is 2. The van der Waals surface area contributed by atoms with Crippen LogP contribution >= 0.6 is 12.6 Å². The Kier molecular flexibility index (Phi) is 3.20. The first-order valence-electron chi connectivity index (χ1n) is 3.80. The summed E-state index contributed by atoms with van der Waals surface area (Å²) >= 11 is 4.15. The van der Waals surface area contributed by atoms with Gasteiger partial charge in [-0.3, -0.25) is 4.79 Å². The van der Waals surface area contributed by atoms with Gasteiger partial charge in [0.1, 0.15) is 6.73 Å². The van der Waals surface area contributed by atoms with Gasteiger partial charge in [-0.15, -0.1) is 0 Å². The summed E-state index contributed by atoms with van der Waals surface area (Å²) in [7, 11) is 0. The van der Waals surface area contributed by atoms with Crippen molar-refractivity contribution in [2.75, 3.05) is 19.9 Å². The van der Waals surface area contributed by atoms with Crippen molar-refractivity contribution in [3.63, 3.8) is 0 Å². The summed E-state index contributed by atoms with van der Waals surface area (Å²) in [6.07, 6.45) is 0.776. The monoisotopic (exact) mass is 175 g/mol. The van der Waals surface area contributed by atoms with Crippen LogP contribution in [0, 0.1) is 0 Å². The first-order chi connectivity index (χ1) is 5.25. The molecule has 1 aliphatic rings. The van der Waals surface area contributed by atoms with E-state index >= 15 is 0 Å². The topological polar surface area (TPSA) is 29.5 Å². The van der Waals surface area contributed by atoms with E-state index in [1.165, 1.54) is 0 Å². The van der Waals surface area contributed by atoms with Crippen molar-refractivity contribution in [2.45, 2.75) is 18.6 Å². The SMILES string of the molecule is CCC(S)C(=O)N1CCOC1. The highest BCUT2D eigenvalue weighted by atomic mass is 32.1. The molecule has 1 unspecified atom stereocenters. The van der Waals surface area contributed by atoms with Gasteiger partial charge in [0.25, 0.3) is 0 Å². The number of thiol groups is 1. The highest BCUT2D eigenvalue weighted by Gasteiger charge is 2.22. The molecule has 11 heavy (non-hydrogen) atoms. The standard InChI is InChI=1S/C7H13NO2S/c1-2-6(11)7(9)8-3-4-10-5-8/h6,11H,2-5H2,1H3. The lowest BCUT2D eigenvalue weighted by atomic mass is 10.3. The molecular weight excluding hydrogens is 162 g/mol. The van der Waals surface area contributed by atoms with E-state index in [1.54, 1.807) is 4.90 Å². The zero-order valence-electron chi connectivity index (χ0n) is 6.62. The molecule has 1 fully saturated rings. The molecular formula is C7H13NO2S. The number of hydrogen-bond acceptors (Lipinski definition) is 3. The molecule has 0 saturated carbocycles. The highest BCUT2D eigenvalue weighted by molar-refractivity contribution is 7.81. The maximum absolute atomic E-state index is 11.3. The Balaban J connectivity index is 2.39. The van der Waals surface area contributed by atoms with Gasteiger partial charge in [0.15, 0.2) is 0 Å². The number of carbonyl (C=O) groups excluding carboxylic acids is 1. The Hall–Kier alpha value is -0.220. The van der Waals surface area contributed by atoms with Gasteiger partial charge < -0.3 is 9.64 Å². The Labute approximate surface area is 72.1 Å². The first kappa shape index (κ1) is 8.87. The molecule has 0 radical (unpaired) electrons. The second kappa shape index (κ2) is 3.97. The third kappa shape index (κ3) is 2.10. The van der Waals surface area contributed by atoms with Crippen LogP contribution in [0.15, 0.2) is 0 Å². The third-order valence-electron chi connectivity index (χ3n) is 1.74. The molecule has 0 N–H and O–H groups in total. The number of hydrogen-bond donors (Lipinski definition) is 1. The van der Waals surface area contributed by atoms with Crippen LogP contribution in [-0.2, 0) is 9.53 Å². The molecule has 0 aliphatic carbocycles. The number of carbonyl (C=O) groups is 1. The summed E-state index contributed by atoms with van der Waals surface area (Å²) < 4.78 is 5.04. The van der Waals surface area contributed by atoms with E-state index in [4.69, 9.17) is 4.74 Å². The van der Waals surface area contributed by atoms with Crippen LogP contribution in [-0.4, -0.2) is 35.9 Å². The molecule has 64 valence electrons. The van der Waals surface area contributed by atoms with Crippen LogP contribution in [0.3, 0.4) is 0 Å². The molecule has 1 aliphatic heterocycles. The van der Waals surface area contributed by atoms with Crippen LogP contribution < -0.4 is 0 Å². The smallest absolute Gasteiger partial charge is 0.237 e. The second-order valence-corrected chi connectivity index (χ2v) is 3.19.